The fraction of sp³-hybridized carbons (Fsp3) is 0.725. The van der Waals surface area contributed by atoms with Crippen molar-refractivity contribution in [3.63, 3.8) is 0 Å². The summed E-state index contributed by atoms with van der Waals surface area (Å²) < 4.78 is 0. The van der Waals surface area contributed by atoms with Crippen LogP contribution in [-0.2, 0) is 42.2 Å². The molecule has 0 amide bonds. The van der Waals surface area contributed by atoms with Gasteiger partial charge in [-0.05, 0) is 161 Å². The molecule has 0 saturated carbocycles. The third-order valence-electron chi connectivity index (χ3n) is 23.1. The first-order valence-corrected chi connectivity index (χ1v) is 47.5. The summed E-state index contributed by atoms with van der Waals surface area (Å²) in [5.41, 5.74) is 9.38. The van der Waals surface area contributed by atoms with Gasteiger partial charge in [-0.2, -0.15) is 0 Å². The summed E-state index contributed by atoms with van der Waals surface area (Å²) in [5, 5.41) is 59.7. The maximum absolute atomic E-state index is 11.5. The number of hydrogen-bond donors (Lipinski definition) is 4. The summed E-state index contributed by atoms with van der Waals surface area (Å²) in [4.78, 5) is 32.8. The molecule has 0 bridgehead atoms. The van der Waals surface area contributed by atoms with Crippen LogP contribution in [0.25, 0.3) is 0 Å². The monoisotopic (exact) mass is 1610 g/mol. The molecule has 0 aromatic heterocycles. The van der Waals surface area contributed by atoms with Gasteiger partial charge in [-0.25, -0.2) is 9.59 Å². The van der Waals surface area contributed by atoms with Gasteiger partial charge in [0.05, 0.1) is 33.9 Å². The van der Waals surface area contributed by atoms with Crippen molar-refractivity contribution in [1.29, 1.82) is 0 Å². The maximum Gasteiger partial charge on any atom is 2.00 e. The first kappa shape index (κ1) is 106. The number of nitrogens with zero attached hydrogens (tertiary/aromatic N) is 2. The molecule has 0 aliphatic rings. The van der Waals surface area contributed by atoms with Crippen LogP contribution in [0, 0.1) is 13.8 Å². The average molecular weight is 1610 g/mol. The molecule has 4 aromatic rings. The molecule has 0 unspecified atom stereocenters. The molecule has 646 valence electrons. The Bertz CT molecular complexity index is 2930. The number of hydrogen-bond acceptors (Lipinski definition) is 8. The van der Waals surface area contributed by atoms with Crippen LogP contribution in [0.3, 0.4) is 0 Å². The van der Waals surface area contributed by atoms with Crippen LogP contribution in [-0.4, -0.2) is 43.8 Å². The molecule has 11 heteroatoms. The summed E-state index contributed by atoms with van der Waals surface area (Å²) in [6.07, 6.45) is 88.3. The van der Waals surface area contributed by atoms with Gasteiger partial charge in [-0.3, -0.25) is 9.98 Å². The zero-order valence-electron chi connectivity index (χ0n) is 74.1. The Balaban J connectivity index is 0.00000148. The second-order valence-electron chi connectivity index (χ2n) is 33.4. The summed E-state index contributed by atoms with van der Waals surface area (Å²) >= 11 is 0. The third-order valence-corrected chi connectivity index (χ3v) is 23.1. The average Bonchev–Trinajstić information content (AvgIpc) is 0.809. The van der Waals surface area contributed by atoms with E-state index >= 15 is 0 Å². The van der Waals surface area contributed by atoms with Gasteiger partial charge in [0.2, 0.25) is 0 Å². The molecule has 113 heavy (non-hydrogen) atoms. The predicted octanol–water partition coefficient (Wildman–Crippen LogP) is 31.9. The van der Waals surface area contributed by atoms with E-state index in [9.17, 15) is 30.0 Å². The van der Waals surface area contributed by atoms with Gasteiger partial charge in [-0.1, -0.05) is 424 Å². The van der Waals surface area contributed by atoms with Crippen LogP contribution in [0.2, 0.25) is 0 Å². The summed E-state index contributed by atoms with van der Waals surface area (Å²) in [6.45, 7) is 16.6. The first-order valence-electron chi connectivity index (χ1n) is 47.5. The number of aromatic carboxylic acids is 2. The van der Waals surface area contributed by atoms with Crippen LogP contribution < -0.4 is 10.2 Å². The minimum Gasteiger partial charge on any atom is -0.869 e. The summed E-state index contributed by atoms with van der Waals surface area (Å²) in [7, 11) is 0. The number of carboxylic acids is 2. The molecule has 0 radical (unpaired) electrons. The molecule has 4 rings (SSSR count). The van der Waals surface area contributed by atoms with Crippen LogP contribution in [0.1, 0.15) is 494 Å². The van der Waals surface area contributed by atoms with Crippen molar-refractivity contribution in [2.24, 2.45) is 9.98 Å². The van der Waals surface area contributed by atoms with E-state index in [0.717, 1.165) is 93.1 Å². The number of carbonyl (C=O) groups is 2. The molecule has 0 aliphatic carbocycles. The summed E-state index contributed by atoms with van der Waals surface area (Å²) in [5.74, 6) is -5.09. The number of carboxylic acid groups (broad SMARTS) is 2. The van der Waals surface area contributed by atoms with E-state index in [0.29, 0.717) is 24.0 Å². The predicted molar refractivity (Wildman–Crippen MR) is 481 cm³/mol. The van der Waals surface area contributed by atoms with Gasteiger partial charge in [-0.15, -0.1) is 0 Å². The number of unbranched alkanes of at least 4 members (excludes halogenated alkanes) is 54. The number of benzene rings is 4. The number of phenols is 2. The molecular weight excluding hydrogens is 1440 g/mol. The van der Waals surface area contributed by atoms with Crippen molar-refractivity contribution >= 4 is 34.7 Å². The fourth-order valence-corrected chi connectivity index (χ4v) is 15.8. The van der Waals surface area contributed by atoms with Gasteiger partial charge in [0.25, 0.3) is 0 Å². The van der Waals surface area contributed by atoms with Gasteiger partial charge >= 0.3 is 28.4 Å². The normalized spacial score (nSPS) is 11.5. The number of aliphatic imine (C=N–C) groups is 2. The zero-order chi connectivity index (χ0) is 81.5. The molecule has 0 fully saturated rings. The molecule has 0 atom stereocenters. The van der Waals surface area contributed by atoms with Crippen molar-refractivity contribution in [2.45, 2.75) is 479 Å². The number of aromatic hydroxyl groups is 2. The van der Waals surface area contributed by atoms with E-state index in [1.165, 1.54) is 375 Å². The minimum atomic E-state index is -1.28. The van der Waals surface area contributed by atoms with Crippen molar-refractivity contribution < 1.29 is 56.7 Å². The quantitative estimate of drug-likeness (QED) is 0.0191. The third kappa shape index (κ3) is 54.5. The van der Waals surface area contributed by atoms with Gasteiger partial charge in [0.15, 0.2) is 0 Å². The second-order valence-corrected chi connectivity index (χ2v) is 33.4. The van der Waals surface area contributed by atoms with Crippen molar-refractivity contribution in [1.82, 2.24) is 0 Å². The van der Waals surface area contributed by atoms with Crippen molar-refractivity contribution in [2.75, 3.05) is 0 Å². The maximum atomic E-state index is 11.5. The summed E-state index contributed by atoms with van der Waals surface area (Å²) in [6, 6.07) is 21.2. The van der Waals surface area contributed by atoms with E-state index in [1.54, 1.807) is 13.8 Å². The van der Waals surface area contributed by atoms with Crippen molar-refractivity contribution in [3.8, 4) is 23.0 Å². The second kappa shape index (κ2) is 74.4. The van der Waals surface area contributed by atoms with E-state index in [2.05, 4.69) is 90.1 Å². The standard InChI is InChI=1S/C76H136N2.2C13H18O4.Ni/c1-5-9-13-16-18-20-22-24-26-28-30-32-34-36-38-40-42-44-46-48-50-52-54-56-61-71-63-59-65-73(69-71)77-75(67-12-8-4)76(68-58-15-11-7-3)78-74-66-60-64-72(70-74)62-57-55-53-51-49-47-45-43-41-39-37-35-33-31-29-27-25-23-21-19-17-14-10-6-2;2*1-3-4-5-6-9-7-10(14)12(15)11(8(9)2)13(16)17;/h59-60,63-66,69-70H,5-58,61-62,67-68H2,1-4H3;2*7,14-15H,3-6H2,1-2H3,(H,16,17);/q;;;+2/p-2. The molecule has 0 heterocycles. The van der Waals surface area contributed by atoms with Gasteiger partial charge in [0, 0.05) is 0 Å². The molecule has 0 saturated heterocycles. The van der Waals surface area contributed by atoms with Crippen LogP contribution >= 0.6 is 0 Å². The largest absolute Gasteiger partial charge is 2.00 e. The first-order chi connectivity index (χ1) is 54.7. The van der Waals surface area contributed by atoms with E-state index < -0.39 is 34.9 Å². The van der Waals surface area contributed by atoms with E-state index in [-0.39, 0.29) is 27.6 Å². The number of rotatable bonds is 71. The fourth-order valence-electron chi connectivity index (χ4n) is 15.8. The van der Waals surface area contributed by atoms with Crippen LogP contribution in [0.4, 0.5) is 11.4 Å². The smallest absolute Gasteiger partial charge is 0.869 e. The van der Waals surface area contributed by atoms with Crippen LogP contribution in [0.5, 0.6) is 23.0 Å². The zero-order valence-corrected chi connectivity index (χ0v) is 75.1. The number of aryl methyl sites for hydroxylation is 4. The van der Waals surface area contributed by atoms with E-state index in [1.807, 2.05) is 0 Å². The molecular formula is C102H170N2NiO8. The van der Waals surface area contributed by atoms with Crippen LogP contribution in [0.15, 0.2) is 70.6 Å². The Morgan fingerprint density at radius 1 is 0.292 bits per heavy atom. The molecule has 10 nitrogen and oxygen atoms in total. The topological polar surface area (TPSA) is 186 Å². The Labute approximate surface area is 704 Å². The van der Waals surface area contributed by atoms with Gasteiger partial charge < -0.3 is 30.6 Å². The SMILES string of the molecule is CCCCCCCCCCCCCCCCCCCCCCCCCCc1cccc(N=C(CCCC)C(CCCCCC)=Nc2cccc(CCCCCCCCCCCCCCCCCCCCCCCCCC)c2)c1.CCCCCc1cc(O)c([O-])c(C(=O)O)c1C.CCCCCc1cc(O)c([O-])c(C(=O)O)c1C.[Ni+2]. The number of phenolic OH excluding ortho intramolecular Hbond substituents is 2. The molecule has 0 aliphatic heterocycles. The Hall–Kier alpha value is -5.15. The van der Waals surface area contributed by atoms with Crippen molar-refractivity contribution in [3.05, 3.63) is 105 Å². The molecule has 0 spiro atoms. The molecule has 4 N–H and O–H groups in total. The Kier molecular flexibility index (Phi) is 69.7. The molecule has 4 aromatic carbocycles. The Morgan fingerprint density at radius 2 is 0.504 bits per heavy atom. The van der Waals surface area contributed by atoms with Gasteiger partial charge in [0.1, 0.15) is 11.5 Å². The minimum absolute atomic E-state index is 0. The van der Waals surface area contributed by atoms with E-state index in [4.69, 9.17) is 20.2 Å². The Morgan fingerprint density at radius 3 is 0.752 bits per heavy atom.